The van der Waals surface area contributed by atoms with Gasteiger partial charge in [-0.05, 0) is 50.1 Å². The molecular formula is C26H27ClFN7. The van der Waals surface area contributed by atoms with Crippen molar-refractivity contribution in [2.24, 2.45) is 10.7 Å². The maximum Gasteiger partial charge on any atom is 0.135 e. The lowest BCUT2D eigenvalue weighted by Crippen LogP contribution is -2.25. The van der Waals surface area contributed by atoms with Crippen molar-refractivity contribution in [3.05, 3.63) is 70.9 Å². The lowest BCUT2D eigenvalue weighted by Gasteiger charge is -2.25. The van der Waals surface area contributed by atoms with Crippen molar-refractivity contribution in [2.45, 2.75) is 45.1 Å². The zero-order valence-corrected chi connectivity index (χ0v) is 20.2. The molecule has 0 atom stereocenters. The summed E-state index contributed by atoms with van der Waals surface area (Å²) in [6.07, 6.45) is 9.41. The van der Waals surface area contributed by atoms with Gasteiger partial charge >= 0.3 is 0 Å². The largest absolute Gasteiger partial charge is 0.384 e. The molecule has 0 spiro atoms. The van der Waals surface area contributed by atoms with Crippen molar-refractivity contribution in [1.29, 1.82) is 0 Å². The van der Waals surface area contributed by atoms with Crippen LogP contribution in [0.5, 0.6) is 0 Å². The highest BCUT2D eigenvalue weighted by Crippen LogP contribution is 2.33. The summed E-state index contributed by atoms with van der Waals surface area (Å²) in [4.78, 5) is 8.84. The van der Waals surface area contributed by atoms with E-state index in [1.807, 2.05) is 23.7 Å². The lowest BCUT2D eigenvalue weighted by atomic mass is 9.95. The standard InChI is InChI=1S/C26H27ClFN7/c1-15-19(8-10-24(29)32-15)16-11-23-25(33-18-5-3-2-4-6-18)20(13-31-35(23)14-16)26(30)34-22-12-17(28)7-9-21(22)27/h7-14,18,33H,2-6H2,1H3,(H2,29,32)(H2,30,34). The summed E-state index contributed by atoms with van der Waals surface area (Å²) >= 11 is 6.24. The normalized spacial score (nSPS) is 15.0. The average Bonchev–Trinajstić information content (AvgIpc) is 3.27. The monoisotopic (exact) mass is 491 g/mol. The third-order valence-electron chi connectivity index (χ3n) is 6.43. The molecule has 1 aliphatic carbocycles. The number of benzene rings is 1. The molecule has 0 aliphatic heterocycles. The van der Waals surface area contributed by atoms with Gasteiger partial charge in [0.25, 0.3) is 0 Å². The van der Waals surface area contributed by atoms with Crippen molar-refractivity contribution < 1.29 is 4.39 Å². The summed E-state index contributed by atoms with van der Waals surface area (Å²) < 4.78 is 15.6. The number of halogens is 2. The van der Waals surface area contributed by atoms with E-state index in [2.05, 4.69) is 26.5 Å². The second-order valence-corrected chi connectivity index (χ2v) is 9.34. The van der Waals surface area contributed by atoms with Gasteiger partial charge in [0, 0.05) is 35.1 Å². The van der Waals surface area contributed by atoms with Crippen LogP contribution in [-0.2, 0) is 0 Å². The van der Waals surface area contributed by atoms with E-state index in [4.69, 9.17) is 23.1 Å². The molecule has 3 aromatic heterocycles. The Hall–Kier alpha value is -3.65. The van der Waals surface area contributed by atoms with Gasteiger partial charge in [0.1, 0.15) is 17.5 Å². The number of nitrogens with one attached hydrogen (secondary N) is 1. The maximum absolute atomic E-state index is 13.8. The number of aliphatic imine (C=N–C) groups is 1. The first-order valence-corrected chi connectivity index (χ1v) is 12.1. The number of rotatable bonds is 5. The first kappa shape index (κ1) is 23.1. The average molecular weight is 492 g/mol. The van der Waals surface area contributed by atoms with Gasteiger partial charge in [0.2, 0.25) is 0 Å². The predicted molar refractivity (Wildman–Crippen MR) is 140 cm³/mol. The molecule has 3 heterocycles. The Labute approximate surface area is 208 Å². The lowest BCUT2D eigenvalue weighted by molar-refractivity contribution is 0.463. The molecule has 0 saturated heterocycles. The van der Waals surface area contributed by atoms with E-state index >= 15 is 0 Å². The van der Waals surface area contributed by atoms with Crippen LogP contribution in [0.3, 0.4) is 0 Å². The number of nitrogens with two attached hydrogens (primary N) is 2. The molecule has 4 aromatic rings. The third-order valence-corrected chi connectivity index (χ3v) is 6.75. The number of hydrogen-bond acceptors (Lipinski definition) is 5. The minimum absolute atomic E-state index is 0.207. The summed E-state index contributed by atoms with van der Waals surface area (Å²) in [5.74, 6) is 0.257. The van der Waals surface area contributed by atoms with Crippen LogP contribution < -0.4 is 16.8 Å². The van der Waals surface area contributed by atoms with Crippen molar-refractivity contribution in [3.63, 3.8) is 0 Å². The van der Waals surface area contributed by atoms with Crippen molar-refractivity contribution in [3.8, 4) is 11.1 Å². The third kappa shape index (κ3) is 4.79. The minimum atomic E-state index is -0.432. The SMILES string of the molecule is Cc1nc(N)ccc1-c1cc2c(NC3CCCCC3)c(C(N)=Nc3cc(F)ccc3Cl)cnn2c1. The number of amidine groups is 1. The van der Waals surface area contributed by atoms with Gasteiger partial charge in [0.15, 0.2) is 0 Å². The highest BCUT2D eigenvalue weighted by Gasteiger charge is 2.20. The van der Waals surface area contributed by atoms with Crippen LogP contribution in [-0.4, -0.2) is 26.5 Å². The van der Waals surface area contributed by atoms with Crippen LogP contribution in [0.4, 0.5) is 21.6 Å². The Bertz CT molecular complexity index is 1420. The van der Waals surface area contributed by atoms with Crippen LogP contribution >= 0.6 is 11.6 Å². The topological polar surface area (TPSA) is 107 Å². The number of pyridine rings is 1. The molecule has 0 bridgehead atoms. The quantitative estimate of drug-likeness (QED) is 0.239. The fourth-order valence-electron chi connectivity index (χ4n) is 4.65. The van der Waals surface area contributed by atoms with E-state index < -0.39 is 5.82 Å². The Morgan fingerprint density at radius 3 is 2.74 bits per heavy atom. The number of aromatic nitrogens is 3. The fourth-order valence-corrected chi connectivity index (χ4v) is 4.81. The first-order chi connectivity index (χ1) is 16.9. The zero-order valence-electron chi connectivity index (χ0n) is 19.4. The van der Waals surface area contributed by atoms with E-state index in [9.17, 15) is 4.39 Å². The van der Waals surface area contributed by atoms with Gasteiger partial charge < -0.3 is 16.8 Å². The van der Waals surface area contributed by atoms with Gasteiger partial charge in [-0.3, -0.25) is 0 Å². The van der Waals surface area contributed by atoms with Gasteiger partial charge in [-0.2, -0.15) is 5.10 Å². The molecule has 35 heavy (non-hydrogen) atoms. The van der Waals surface area contributed by atoms with E-state index in [0.29, 0.717) is 22.4 Å². The Morgan fingerprint density at radius 1 is 1.17 bits per heavy atom. The molecule has 0 unspecified atom stereocenters. The van der Waals surface area contributed by atoms with Crippen LogP contribution in [0.25, 0.3) is 16.6 Å². The van der Waals surface area contributed by atoms with Crippen molar-refractivity contribution >= 4 is 40.1 Å². The van der Waals surface area contributed by atoms with Crippen molar-refractivity contribution in [2.75, 3.05) is 11.1 Å². The molecule has 1 aromatic carbocycles. The smallest absolute Gasteiger partial charge is 0.135 e. The summed E-state index contributed by atoms with van der Waals surface area (Å²) in [6.45, 7) is 1.93. The molecule has 0 amide bonds. The van der Waals surface area contributed by atoms with Crippen molar-refractivity contribution in [1.82, 2.24) is 14.6 Å². The molecule has 0 radical (unpaired) electrons. The fraction of sp³-hybridized carbons (Fsp3) is 0.269. The molecule has 5 rings (SSSR count). The summed E-state index contributed by atoms with van der Waals surface area (Å²) in [5.41, 5.74) is 17.7. The van der Waals surface area contributed by atoms with E-state index in [-0.39, 0.29) is 11.5 Å². The highest BCUT2D eigenvalue weighted by atomic mass is 35.5. The second kappa shape index (κ2) is 9.54. The number of hydrogen-bond donors (Lipinski definition) is 3. The number of anilines is 2. The number of nitrogen functional groups attached to an aromatic ring is 1. The van der Waals surface area contributed by atoms with Crippen LogP contribution in [0, 0.1) is 12.7 Å². The van der Waals surface area contributed by atoms with Crippen LogP contribution in [0.2, 0.25) is 5.02 Å². The molecule has 5 N–H and O–H groups in total. The van der Waals surface area contributed by atoms with Crippen LogP contribution in [0.15, 0.2) is 53.8 Å². The van der Waals surface area contributed by atoms with Gasteiger partial charge in [-0.15, -0.1) is 0 Å². The number of aryl methyl sites for hydroxylation is 1. The zero-order chi connectivity index (χ0) is 24.5. The van der Waals surface area contributed by atoms with E-state index in [0.717, 1.165) is 40.9 Å². The highest BCUT2D eigenvalue weighted by molar-refractivity contribution is 6.33. The molecule has 1 saturated carbocycles. The van der Waals surface area contributed by atoms with E-state index in [1.54, 1.807) is 12.3 Å². The molecule has 1 aliphatic rings. The van der Waals surface area contributed by atoms with Gasteiger partial charge in [0.05, 0.1) is 33.7 Å². The van der Waals surface area contributed by atoms with Crippen LogP contribution in [0.1, 0.15) is 43.4 Å². The first-order valence-electron chi connectivity index (χ1n) is 11.7. The van der Waals surface area contributed by atoms with E-state index in [1.165, 1.54) is 37.5 Å². The second-order valence-electron chi connectivity index (χ2n) is 8.93. The molecular weight excluding hydrogens is 465 g/mol. The van der Waals surface area contributed by atoms with Gasteiger partial charge in [-0.25, -0.2) is 18.9 Å². The maximum atomic E-state index is 13.8. The summed E-state index contributed by atoms with van der Waals surface area (Å²) in [5, 5.41) is 8.62. The number of fused-ring (bicyclic) bond motifs is 1. The number of nitrogens with zero attached hydrogens (tertiary/aromatic N) is 4. The molecule has 7 nitrogen and oxygen atoms in total. The summed E-state index contributed by atoms with van der Waals surface area (Å²) in [7, 11) is 0. The Kier molecular flexibility index (Phi) is 6.30. The predicted octanol–water partition coefficient (Wildman–Crippen LogP) is 5.86. The van der Waals surface area contributed by atoms with Gasteiger partial charge in [-0.1, -0.05) is 30.9 Å². The Balaban J connectivity index is 1.64. The Morgan fingerprint density at radius 2 is 1.97 bits per heavy atom. The molecule has 1 fully saturated rings. The summed E-state index contributed by atoms with van der Waals surface area (Å²) in [6, 6.07) is 10.1. The molecule has 180 valence electrons. The minimum Gasteiger partial charge on any atom is -0.384 e. The molecule has 9 heteroatoms.